The number of rotatable bonds is 11. The van der Waals surface area contributed by atoms with Crippen molar-refractivity contribution >= 4 is 38.9 Å². The average Bonchev–Trinajstić information content (AvgIpc) is 2.86. The zero-order valence-electron chi connectivity index (χ0n) is 21.1. The van der Waals surface area contributed by atoms with Crippen LogP contribution in [0, 0.1) is 0 Å². The number of sulfonamides is 1. The molecule has 0 radical (unpaired) electrons. The molecule has 0 spiro atoms. The number of benzene rings is 3. The minimum Gasteiger partial charge on any atom is -0.495 e. The molecular formula is C26H29ClN2O7S. The Balaban J connectivity index is 2.03. The van der Waals surface area contributed by atoms with Crippen LogP contribution in [0.5, 0.6) is 23.0 Å². The third-order valence-electron chi connectivity index (χ3n) is 5.13. The molecule has 0 aromatic heterocycles. The molecule has 0 aliphatic carbocycles. The quantitative estimate of drug-likeness (QED) is 0.360. The number of hydrogen-bond donors (Lipinski definition) is 1. The Labute approximate surface area is 221 Å². The van der Waals surface area contributed by atoms with Crippen LogP contribution in [0.4, 0.5) is 11.4 Å². The van der Waals surface area contributed by atoms with E-state index in [1.165, 1.54) is 51.7 Å². The SMILES string of the molecule is COc1ccc(S(=O)(=O)N(CC(=O)Nc2cccc(OC(C)C)c2)c2cc(Cl)ccc2OC)cc1OC. The van der Waals surface area contributed by atoms with E-state index in [1.54, 1.807) is 30.3 Å². The molecule has 198 valence electrons. The largest absolute Gasteiger partial charge is 0.495 e. The summed E-state index contributed by atoms with van der Waals surface area (Å²) in [6.07, 6.45) is -0.0524. The molecule has 0 aliphatic rings. The Kier molecular flexibility index (Phi) is 9.12. The van der Waals surface area contributed by atoms with Gasteiger partial charge in [0.25, 0.3) is 10.0 Å². The molecule has 0 heterocycles. The number of nitrogens with one attached hydrogen (secondary N) is 1. The first kappa shape index (κ1) is 27.9. The van der Waals surface area contributed by atoms with Gasteiger partial charge in [0.15, 0.2) is 11.5 Å². The molecule has 0 aliphatic heterocycles. The fourth-order valence-corrected chi connectivity index (χ4v) is 5.12. The van der Waals surface area contributed by atoms with Crippen LogP contribution in [0.15, 0.2) is 65.6 Å². The Morgan fingerprint density at radius 3 is 2.24 bits per heavy atom. The lowest BCUT2D eigenvalue weighted by molar-refractivity contribution is -0.114. The highest BCUT2D eigenvalue weighted by molar-refractivity contribution is 7.92. The second kappa shape index (κ2) is 12.1. The number of methoxy groups -OCH3 is 3. The molecule has 3 aromatic carbocycles. The molecule has 1 amide bonds. The lowest BCUT2D eigenvalue weighted by Crippen LogP contribution is -2.38. The number of hydrogen-bond acceptors (Lipinski definition) is 7. The number of ether oxygens (including phenoxy) is 4. The zero-order chi connectivity index (χ0) is 27.2. The first-order valence-electron chi connectivity index (χ1n) is 11.2. The minimum atomic E-state index is -4.30. The van der Waals surface area contributed by atoms with Crippen LogP contribution >= 0.6 is 11.6 Å². The number of carbonyl (C=O) groups excluding carboxylic acids is 1. The Morgan fingerprint density at radius 2 is 1.59 bits per heavy atom. The predicted molar refractivity (Wildman–Crippen MR) is 143 cm³/mol. The van der Waals surface area contributed by atoms with Gasteiger partial charge in [0, 0.05) is 22.8 Å². The highest BCUT2D eigenvalue weighted by atomic mass is 35.5. The van der Waals surface area contributed by atoms with Crippen molar-refractivity contribution in [3.05, 3.63) is 65.7 Å². The van der Waals surface area contributed by atoms with Crippen molar-refractivity contribution in [3.8, 4) is 23.0 Å². The van der Waals surface area contributed by atoms with E-state index in [4.69, 9.17) is 30.5 Å². The van der Waals surface area contributed by atoms with E-state index in [1.807, 2.05) is 13.8 Å². The van der Waals surface area contributed by atoms with Crippen molar-refractivity contribution in [2.75, 3.05) is 37.5 Å². The van der Waals surface area contributed by atoms with Gasteiger partial charge in [-0.05, 0) is 56.3 Å². The molecule has 1 N–H and O–H groups in total. The highest BCUT2D eigenvalue weighted by Gasteiger charge is 2.31. The van der Waals surface area contributed by atoms with Crippen molar-refractivity contribution < 1.29 is 32.2 Å². The first-order valence-corrected chi connectivity index (χ1v) is 13.1. The fourth-order valence-electron chi connectivity index (χ4n) is 3.51. The minimum absolute atomic E-state index is 0.0524. The molecule has 0 atom stereocenters. The number of halogens is 1. The molecule has 37 heavy (non-hydrogen) atoms. The molecule has 0 unspecified atom stereocenters. The van der Waals surface area contributed by atoms with E-state index in [2.05, 4.69) is 5.32 Å². The van der Waals surface area contributed by atoms with Gasteiger partial charge in [-0.15, -0.1) is 0 Å². The summed E-state index contributed by atoms with van der Waals surface area (Å²) in [5, 5.41) is 2.99. The van der Waals surface area contributed by atoms with E-state index < -0.39 is 22.5 Å². The van der Waals surface area contributed by atoms with Crippen molar-refractivity contribution in [1.82, 2.24) is 0 Å². The molecule has 3 aromatic rings. The second-order valence-corrected chi connectivity index (χ2v) is 10.4. The summed E-state index contributed by atoms with van der Waals surface area (Å²) in [6, 6.07) is 15.5. The van der Waals surface area contributed by atoms with Crippen LogP contribution in [-0.4, -0.2) is 48.3 Å². The third-order valence-corrected chi connectivity index (χ3v) is 7.12. The molecule has 3 rings (SSSR count). The van der Waals surface area contributed by atoms with Crippen LogP contribution < -0.4 is 28.6 Å². The maximum Gasteiger partial charge on any atom is 0.265 e. The van der Waals surface area contributed by atoms with Gasteiger partial charge >= 0.3 is 0 Å². The summed E-state index contributed by atoms with van der Waals surface area (Å²) < 4.78 is 50.2. The van der Waals surface area contributed by atoms with Gasteiger partial charge in [-0.3, -0.25) is 9.10 Å². The van der Waals surface area contributed by atoms with E-state index in [9.17, 15) is 13.2 Å². The average molecular weight is 549 g/mol. The van der Waals surface area contributed by atoms with Crippen molar-refractivity contribution in [1.29, 1.82) is 0 Å². The fraction of sp³-hybridized carbons (Fsp3) is 0.269. The van der Waals surface area contributed by atoms with Gasteiger partial charge in [0.1, 0.15) is 18.0 Å². The van der Waals surface area contributed by atoms with Gasteiger partial charge in [-0.25, -0.2) is 8.42 Å². The summed E-state index contributed by atoms with van der Waals surface area (Å²) in [4.78, 5) is 13.0. The topological polar surface area (TPSA) is 103 Å². The molecule has 0 fully saturated rings. The van der Waals surface area contributed by atoms with Crippen LogP contribution in [0.2, 0.25) is 5.02 Å². The number of amides is 1. The molecule has 0 saturated heterocycles. The Morgan fingerprint density at radius 1 is 0.919 bits per heavy atom. The Bertz CT molecular complexity index is 1360. The summed E-state index contributed by atoms with van der Waals surface area (Å²) in [6.45, 7) is 3.21. The molecule has 0 saturated carbocycles. The first-order chi connectivity index (χ1) is 17.6. The molecule has 0 bridgehead atoms. The van der Waals surface area contributed by atoms with Crippen molar-refractivity contribution in [2.24, 2.45) is 0 Å². The monoisotopic (exact) mass is 548 g/mol. The maximum absolute atomic E-state index is 13.9. The summed E-state index contributed by atoms with van der Waals surface area (Å²) in [5.41, 5.74) is 0.543. The molecular weight excluding hydrogens is 520 g/mol. The smallest absolute Gasteiger partial charge is 0.265 e. The molecule has 9 nitrogen and oxygen atoms in total. The normalized spacial score (nSPS) is 11.1. The standard InChI is InChI=1S/C26H29ClN2O7S/c1-17(2)36-20-8-6-7-19(14-20)28-26(30)16-29(22-13-18(27)9-11-23(22)33-3)37(31,32)21-10-12-24(34-4)25(15-21)35-5/h6-15,17H,16H2,1-5H3,(H,28,30). The van der Waals surface area contributed by atoms with Gasteiger partial charge < -0.3 is 24.3 Å². The van der Waals surface area contributed by atoms with Gasteiger partial charge in [0.2, 0.25) is 5.91 Å². The summed E-state index contributed by atoms with van der Waals surface area (Å²) in [5.74, 6) is 0.767. The second-order valence-electron chi connectivity index (χ2n) is 8.09. The van der Waals surface area contributed by atoms with E-state index in [-0.39, 0.29) is 33.2 Å². The van der Waals surface area contributed by atoms with E-state index in [0.29, 0.717) is 17.2 Å². The number of nitrogens with zero attached hydrogens (tertiary/aromatic N) is 1. The number of carbonyl (C=O) groups is 1. The maximum atomic E-state index is 13.9. The molecule has 11 heteroatoms. The van der Waals surface area contributed by atoms with Crippen LogP contribution in [0.25, 0.3) is 0 Å². The van der Waals surface area contributed by atoms with Crippen LogP contribution in [-0.2, 0) is 14.8 Å². The highest BCUT2D eigenvalue weighted by Crippen LogP contribution is 2.37. The third kappa shape index (κ3) is 6.78. The summed E-state index contributed by atoms with van der Waals surface area (Å²) in [7, 11) is -0.0573. The lowest BCUT2D eigenvalue weighted by Gasteiger charge is -2.26. The van der Waals surface area contributed by atoms with E-state index >= 15 is 0 Å². The summed E-state index contributed by atoms with van der Waals surface area (Å²) >= 11 is 6.20. The lowest BCUT2D eigenvalue weighted by atomic mass is 10.2. The van der Waals surface area contributed by atoms with Crippen LogP contribution in [0.3, 0.4) is 0 Å². The van der Waals surface area contributed by atoms with Crippen LogP contribution in [0.1, 0.15) is 13.8 Å². The predicted octanol–water partition coefficient (Wildman–Crippen LogP) is 4.99. The van der Waals surface area contributed by atoms with Gasteiger partial charge in [-0.1, -0.05) is 17.7 Å². The van der Waals surface area contributed by atoms with E-state index in [0.717, 1.165) is 4.31 Å². The van der Waals surface area contributed by atoms with Gasteiger partial charge in [0.05, 0.1) is 38.0 Å². The Hall–Kier alpha value is -3.63. The van der Waals surface area contributed by atoms with Crippen molar-refractivity contribution in [2.45, 2.75) is 24.8 Å². The van der Waals surface area contributed by atoms with Gasteiger partial charge in [-0.2, -0.15) is 0 Å². The van der Waals surface area contributed by atoms with Crippen molar-refractivity contribution in [3.63, 3.8) is 0 Å². The number of anilines is 2. The zero-order valence-corrected chi connectivity index (χ0v) is 22.7.